The molecule has 1 atom stereocenters. The Morgan fingerprint density at radius 1 is 1.17 bits per heavy atom. The first kappa shape index (κ1) is 16.1. The van der Waals surface area contributed by atoms with Gasteiger partial charge in [-0.1, -0.05) is 36.4 Å². The Kier molecular flexibility index (Phi) is 4.79. The van der Waals surface area contributed by atoms with E-state index in [4.69, 9.17) is 4.74 Å². The van der Waals surface area contributed by atoms with Crippen LogP contribution < -0.4 is 4.74 Å². The summed E-state index contributed by atoms with van der Waals surface area (Å²) in [6, 6.07) is 14.5. The zero-order chi connectivity index (χ0) is 16.9. The summed E-state index contributed by atoms with van der Waals surface area (Å²) >= 11 is 0. The molecule has 1 amide bonds. The van der Waals surface area contributed by atoms with Crippen LogP contribution in [-0.2, 0) is 11.3 Å². The maximum Gasteiger partial charge on any atom is 0.223 e. The van der Waals surface area contributed by atoms with Gasteiger partial charge in [0.25, 0.3) is 0 Å². The van der Waals surface area contributed by atoms with Gasteiger partial charge in [-0.2, -0.15) is 0 Å². The standard InChI is InChI=1S/C19H19NO4/c21-12-16-17(22)7-4-8-18(16)24-13-15-9-10-19(23)20(15)11-14-5-2-1-3-6-14/h1-8,12,15,22H,9-11,13H2/t15-/m0/s1. The van der Waals surface area contributed by atoms with Crippen molar-refractivity contribution >= 4 is 12.2 Å². The van der Waals surface area contributed by atoms with Gasteiger partial charge in [0.05, 0.1) is 11.6 Å². The number of phenols is 1. The second-order valence-corrected chi connectivity index (χ2v) is 5.82. The Hall–Kier alpha value is -2.82. The van der Waals surface area contributed by atoms with Crippen LogP contribution in [0.1, 0.15) is 28.8 Å². The maximum atomic E-state index is 12.2. The number of benzene rings is 2. The monoisotopic (exact) mass is 325 g/mol. The molecule has 3 rings (SSSR count). The van der Waals surface area contributed by atoms with E-state index < -0.39 is 0 Å². The lowest BCUT2D eigenvalue weighted by Crippen LogP contribution is -2.36. The van der Waals surface area contributed by atoms with Crippen molar-refractivity contribution in [2.24, 2.45) is 0 Å². The van der Waals surface area contributed by atoms with Gasteiger partial charge in [0, 0.05) is 13.0 Å². The summed E-state index contributed by atoms with van der Waals surface area (Å²) in [5, 5.41) is 9.70. The first-order chi connectivity index (χ1) is 11.7. The summed E-state index contributed by atoms with van der Waals surface area (Å²) in [5.74, 6) is 0.342. The van der Waals surface area contributed by atoms with Gasteiger partial charge in [-0.25, -0.2) is 0 Å². The SMILES string of the molecule is O=Cc1c(O)cccc1OC[C@@H]1CCC(=O)N1Cc1ccccc1. The fraction of sp³-hybridized carbons (Fsp3) is 0.263. The number of hydrogen-bond donors (Lipinski definition) is 1. The molecule has 1 N–H and O–H groups in total. The second kappa shape index (κ2) is 7.17. The molecule has 24 heavy (non-hydrogen) atoms. The minimum absolute atomic E-state index is 0.0421. The predicted molar refractivity (Wildman–Crippen MR) is 89.0 cm³/mol. The van der Waals surface area contributed by atoms with Crippen molar-refractivity contribution in [2.45, 2.75) is 25.4 Å². The number of hydrogen-bond acceptors (Lipinski definition) is 4. The van der Waals surface area contributed by atoms with Gasteiger partial charge in [-0.15, -0.1) is 0 Å². The summed E-state index contributed by atoms with van der Waals surface area (Å²) in [5.41, 5.74) is 1.21. The summed E-state index contributed by atoms with van der Waals surface area (Å²) in [4.78, 5) is 25.1. The van der Waals surface area contributed by atoms with E-state index in [0.717, 1.165) is 12.0 Å². The number of phenolic OH excluding ortho intramolecular Hbond substituents is 1. The zero-order valence-corrected chi connectivity index (χ0v) is 13.2. The summed E-state index contributed by atoms with van der Waals surface area (Å²) in [6.07, 6.45) is 1.80. The van der Waals surface area contributed by atoms with Crippen LogP contribution >= 0.6 is 0 Å². The summed E-state index contributed by atoms with van der Waals surface area (Å²) in [6.45, 7) is 0.844. The van der Waals surface area contributed by atoms with Crippen molar-refractivity contribution in [3.63, 3.8) is 0 Å². The summed E-state index contributed by atoms with van der Waals surface area (Å²) in [7, 11) is 0. The molecule has 2 aromatic carbocycles. The van der Waals surface area contributed by atoms with Gasteiger partial charge in [-0.05, 0) is 24.1 Å². The van der Waals surface area contributed by atoms with Gasteiger partial charge in [0.2, 0.25) is 5.91 Å². The normalized spacial score (nSPS) is 17.1. The molecule has 1 heterocycles. The molecule has 1 aliphatic rings. The molecule has 2 aromatic rings. The zero-order valence-electron chi connectivity index (χ0n) is 13.2. The molecule has 0 saturated carbocycles. The van der Waals surface area contributed by atoms with E-state index in [1.165, 1.54) is 6.07 Å². The number of likely N-dealkylation sites (tertiary alicyclic amines) is 1. The first-order valence-corrected chi connectivity index (χ1v) is 7.92. The van der Waals surface area contributed by atoms with Crippen molar-refractivity contribution < 1.29 is 19.4 Å². The van der Waals surface area contributed by atoms with Gasteiger partial charge in [0.1, 0.15) is 18.1 Å². The molecule has 0 aromatic heterocycles. The molecule has 1 fully saturated rings. The van der Waals surface area contributed by atoms with Crippen molar-refractivity contribution in [1.82, 2.24) is 4.90 Å². The highest BCUT2D eigenvalue weighted by Gasteiger charge is 2.31. The Morgan fingerprint density at radius 2 is 1.96 bits per heavy atom. The van der Waals surface area contributed by atoms with Gasteiger partial charge in [-0.3, -0.25) is 9.59 Å². The molecule has 5 nitrogen and oxygen atoms in total. The molecule has 1 aliphatic heterocycles. The number of rotatable bonds is 6. The van der Waals surface area contributed by atoms with Crippen LogP contribution in [0.15, 0.2) is 48.5 Å². The third kappa shape index (κ3) is 3.40. The van der Waals surface area contributed by atoms with E-state index in [0.29, 0.717) is 31.6 Å². The number of carbonyl (C=O) groups is 2. The number of amides is 1. The number of ether oxygens (including phenoxy) is 1. The smallest absolute Gasteiger partial charge is 0.223 e. The predicted octanol–water partition coefficient (Wildman–Crippen LogP) is 2.77. The molecule has 0 spiro atoms. The largest absolute Gasteiger partial charge is 0.507 e. The molecule has 0 aliphatic carbocycles. The lowest BCUT2D eigenvalue weighted by atomic mass is 10.2. The van der Waals surface area contributed by atoms with Crippen molar-refractivity contribution in [2.75, 3.05) is 6.61 Å². The van der Waals surface area contributed by atoms with Crippen LogP contribution in [0.2, 0.25) is 0 Å². The van der Waals surface area contributed by atoms with E-state index in [1.807, 2.05) is 35.2 Å². The second-order valence-electron chi connectivity index (χ2n) is 5.82. The Balaban J connectivity index is 1.69. The van der Waals surface area contributed by atoms with Crippen LogP contribution in [0.25, 0.3) is 0 Å². The lowest BCUT2D eigenvalue weighted by Gasteiger charge is -2.25. The molecule has 0 unspecified atom stereocenters. The fourth-order valence-corrected chi connectivity index (χ4v) is 2.93. The number of aromatic hydroxyl groups is 1. The third-order valence-corrected chi connectivity index (χ3v) is 4.24. The highest BCUT2D eigenvalue weighted by Crippen LogP contribution is 2.27. The highest BCUT2D eigenvalue weighted by molar-refractivity contribution is 5.83. The molecule has 5 heteroatoms. The van der Waals surface area contributed by atoms with Crippen LogP contribution in [0.4, 0.5) is 0 Å². The van der Waals surface area contributed by atoms with Crippen LogP contribution in [-0.4, -0.2) is 34.8 Å². The van der Waals surface area contributed by atoms with E-state index in [2.05, 4.69) is 0 Å². The quantitative estimate of drug-likeness (QED) is 0.829. The number of carbonyl (C=O) groups excluding carboxylic acids is 2. The topological polar surface area (TPSA) is 66.8 Å². The average Bonchev–Trinajstić information content (AvgIpc) is 2.94. The van der Waals surface area contributed by atoms with Gasteiger partial charge in [0.15, 0.2) is 6.29 Å². The molecule has 124 valence electrons. The van der Waals surface area contributed by atoms with Gasteiger partial charge < -0.3 is 14.7 Å². The van der Waals surface area contributed by atoms with Crippen LogP contribution in [0.3, 0.4) is 0 Å². The van der Waals surface area contributed by atoms with E-state index in [-0.39, 0.29) is 23.3 Å². The van der Waals surface area contributed by atoms with Gasteiger partial charge >= 0.3 is 0 Å². The summed E-state index contributed by atoms with van der Waals surface area (Å²) < 4.78 is 5.72. The maximum absolute atomic E-state index is 12.2. The Labute approximate surface area is 140 Å². The number of aldehydes is 1. The van der Waals surface area contributed by atoms with Crippen LogP contribution in [0, 0.1) is 0 Å². The first-order valence-electron chi connectivity index (χ1n) is 7.92. The minimum atomic E-state index is -0.105. The van der Waals surface area contributed by atoms with Crippen molar-refractivity contribution in [3.05, 3.63) is 59.7 Å². The molecule has 0 bridgehead atoms. The van der Waals surface area contributed by atoms with Crippen molar-refractivity contribution in [3.8, 4) is 11.5 Å². The molecular formula is C19H19NO4. The van der Waals surface area contributed by atoms with E-state index in [9.17, 15) is 14.7 Å². The minimum Gasteiger partial charge on any atom is -0.507 e. The van der Waals surface area contributed by atoms with Crippen molar-refractivity contribution in [1.29, 1.82) is 0 Å². The average molecular weight is 325 g/mol. The van der Waals surface area contributed by atoms with E-state index >= 15 is 0 Å². The Morgan fingerprint density at radius 3 is 2.71 bits per heavy atom. The highest BCUT2D eigenvalue weighted by atomic mass is 16.5. The van der Waals surface area contributed by atoms with E-state index in [1.54, 1.807) is 12.1 Å². The van der Waals surface area contributed by atoms with Crippen LogP contribution in [0.5, 0.6) is 11.5 Å². The third-order valence-electron chi connectivity index (χ3n) is 4.24. The number of nitrogens with zero attached hydrogens (tertiary/aromatic N) is 1. The molecule has 0 radical (unpaired) electrons. The lowest BCUT2D eigenvalue weighted by molar-refractivity contribution is -0.129. The fourth-order valence-electron chi connectivity index (χ4n) is 2.93. The molecule has 1 saturated heterocycles. The Bertz CT molecular complexity index is 729. The molecular weight excluding hydrogens is 306 g/mol.